The zero-order valence-electron chi connectivity index (χ0n) is 11.1. The molecule has 0 aliphatic carbocycles. The molecule has 4 nitrogen and oxygen atoms in total. The summed E-state index contributed by atoms with van der Waals surface area (Å²) in [5, 5.41) is 5.18. The molecule has 7 heteroatoms. The quantitative estimate of drug-likeness (QED) is 0.876. The van der Waals surface area contributed by atoms with Crippen molar-refractivity contribution in [3.05, 3.63) is 52.1 Å². The van der Waals surface area contributed by atoms with Crippen LogP contribution in [0.1, 0.15) is 17.3 Å². The van der Waals surface area contributed by atoms with Gasteiger partial charge in [-0.3, -0.25) is 4.79 Å². The van der Waals surface area contributed by atoms with Crippen LogP contribution in [0.25, 0.3) is 0 Å². The lowest BCUT2D eigenvalue weighted by Gasteiger charge is -2.08. The average Bonchev–Trinajstić information content (AvgIpc) is 2.43. The predicted molar refractivity (Wildman–Crippen MR) is 80.4 cm³/mol. The third kappa shape index (κ3) is 3.75. The SMILES string of the molecule is CCNc1ccc(C(=O)Nc2c(F)cc(Br)cc2F)cn1. The Labute approximate surface area is 128 Å². The lowest BCUT2D eigenvalue weighted by Crippen LogP contribution is -2.15. The van der Waals surface area contributed by atoms with Crippen LogP contribution in [-0.4, -0.2) is 17.4 Å². The van der Waals surface area contributed by atoms with E-state index in [1.807, 2.05) is 6.92 Å². The van der Waals surface area contributed by atoms with Gasteiger partial charge in [-0.05, 0) is 31.2 Å². The van der Waals surface area contributed by atoms with Crippen LogP contribution >= 0.6 is 15.9 Å². The topological polar surface area (TPSA) is 54.0 Å². The maximum absolute atomic E-state index is 13.6. The molecule has 0 saturated heterocycles. The molecular formula is C14H12BrF2N3O. The molecule has 1 heterocycles. The van der Waals surface area contributed by atoms with Gasteiger partial charge in [0.2, 0.25) is 0 Å². The molecule has 0 spiro atoms. The first kappa shape index (κ1) is 15.4. The van der Waals surface area contributed by atoms with E-state index in [2.05, 4.69) is 31.5 Å². The number of aromatic nitrogens is 1. The highest BCUT2D eigenvalue weighted by Gasteiger charge is 2.15. The van der Waals surface area contributed by atoms with Gasteiger partial charge in [0.25, 0.3) is 5.91 Å². The van der Waals surface area contributed by atoms with Gasteiger partial charge in [-0.1, -0.05) is 15.9 Å². The molecule has 0 radical (unpaired) electrons. The monoisotopic (exact) mass is 355 g/mol. The maximum Gasteiger partial charge on any atom is 0.257 e. The summed E-state index contributed by atoms with van der Waals surface area (Å²) in [6.07, 6.45) is 1.34. The molecule has 0 bridgehead atoms. The zero-order chi connectivity index (χ0) is 15.4. The number of anilines is 2. The van der Waals surface area contributed by atoms with Gasteiger partial charge in [0.15, 0.2) is 11.6 Å². The van der Waals surface area contributed by atoms with Gasteiger partial charge < -0.3 is 10.6 Å². The Bertz CT molecular complexity index is 639. The first-order valence-corrected chi connectivity index (χ1v) is 6.96. The summed E-state index contributed by atoms with van der Waals surface area (Å²) >= 11 is 2.97. The van der Waals surface area contributed by atoms with Gasteiger partial charge in [0.1, 0.15) is 11.5 Å². The largest absolute Gasteiger partial charge is 0.370 e. The average molecular weight is 356 g/mol. The van der Waals surface area contributed by atoms with Crippen molar-refractivity contribution in [1.29, 1.82) is 0 Å². The summed E-state index contributed by atoms with van der Waals surface area (Å²) in [6.45, 7) is 2.62. The number of amides is 1. The lowest BCUT2D eigenvalue weighted by atomic mass is 10.2. The molecular weight excluding hydrogens is 344 g/mol. The molecule has 0 unspecified atom stereocenters. The highest BCUT2D eigenvalue weighted by molar-refractivity contribution is 9.10. The number of nitrogens with zero attached hydrogens (tertiary/aromatic N) is 1. The molecule has 1 aromatic carbocycles. The second-order valence-electron chi connectivity index (χ2n) is 4.16. The number of hydrogen-bond donors (Lipinski definition) is 2. The van der Waals surface area contributed by atoms with Crippen LogP contribution < -0.4 is 10.6 Å². The van der Waals surface area contributed by atoms with Gasteiger partial charge in [-0.25, -0.2) is 13.8 Å². The molecule has 0 fully saturated rings. The third-order valence-electron chi connectivity index (χ3n) is 2.63. The molecule has 2 aromatic rings. The van der Waals surface area contributed by atoms with Gasteiger partial charge in [-0.2, -0.15) is 0 Å². The Morgan fingerprint density at radius 3 is 2.48 bits per heavy atom. The molecule has 1 aromatic heterocycles. The van der Waals surface area contributed by atoms with Crippen molar-refractivity contribution < 1.29 is 13.6 Å². The fourth-order valence-corrected chi connectivity index (χ4v) is 2.06. The number of carbonyl (C=O) groups is 1. The summed E-state index contributed by atoms with van der Waals surface area (Å²) in [6, 6.07) is 5.29. The molecule has 0 aliphatic rings. The van der Waals surface area contributed by atoms with E-state index >= 15 is 0 Å². The standard InChI is InChI=1S/C14H12BrF2N3O/c1-2-18-12-4-3-8(7-19-12)14(21)20-13-10(16)5-9(15)6-11(13)17/h3-7H,2H2,1H3,(H,18,19)(H,20,21). The molecule has 1 amide bonds. The molecule has 0 saturated carbocycles. The number of pyridine rings is 1. The van der Waals surface area contributed by atoms with Crippen LogP contribution in [0.4, 0.5) is 20.3 Å². The lowest BCUT2D eigenvalue weighted by molar-refractivity contribution is 0.102. The van der Waals surface area contributed by atoms with Crippen LogP contribution in [0.5, 0.6) is 0 Å². The van der Waals surface area contributed by atoms with E-state index in [-0.39, 0.29) is 10.0 Å². The van der Waals surface area contributed by atoms with Crippen LogP contribution in [-0.2, 0) is 0 Å². The minimum Gasteiger partial charge on any atom is -0.370 e. The minimum absolute atomic E-state index is 0.207. The summed E-state index contributed by atoms with van der Waals surface area (Å²) in [5.41, 5.74) is -0.280. The maximum atomic E-state index is 13.6. The molecule has 21 heavy (non-hydrogen) atoms. The van der Waals surface area contributed by atoms with Gasteiger partial charge in [0.05, 0.1) is 5.56 Å². The molecule has 110 valence electrons. The number of nitrogens with one attached hydrogen (secondary N) is 2. The van der Waals surface area contributed by atoms with Crippen LogP contribution in [0.15, 0.2) is 34.9 Å². The van der Waals surface area contributed by atoms with E-state index in [0.29, 0.717) is 12.4 Å². The summed E-state index contributed by atoms with van der Waals surface area (Å²) in [7, 11) is 0. The Kier molecular flexibility index (Phi) is 4.85. The normalized spacial score (nSPS) is 10.3. The van der Waals surface area contributed by atoms with Crippen LogP contribution in [0, 0.1) is 11.6 Å². The Hall–Kier alpha value is -2.02. The number of hydrogen-bond acceptors (Lipinski definition) is 3. The van der Waals surface area contributed by atoms with E-state index in [4.69, 9.17) is 0 Å². The number of benzene rings is 1. The van der Waals surface area contributed by atoms with Crippen LogP contribution in [0.2, 0.25) is 0 Å². The predicted octanol–water partition coefficient (Wildman–Crippen LogP) is 3.81. The van der Waals surface area contributed by atoms with Crippen molar-refractivity contribution in [2.24, 2.45) is 0 Å². The van der Waals surface area contributed by atoms with Crippen LogP contribution in [0.3, 0.4) is 0 Å². The van der Waals surface area contributed by atoms with Crippen molar-refractivity contribution in [2.45, 2.75) is 6.92 Å². The smallest absolute Gasteiger partial charge is 0.257 e. The number of rotatable bonds is 4. The van der Waals surface area contributed by atoms with E-state index in [0.717, 1.165) is 12.1 Å². The fraction of sp³-hybridized carbons (Fsp3) is 0.143. The van der Waals surface area contributed by atoms with Crippen molar-refractivity contribution in [2.75, 3.05) is 17.2 Å². The second-order valence-corrected chi connectivity index (χ2v) is 5.08. The first-order chi connectivity index (χ1) is 10.0. The summed E-state index contributed by atoms with van der Waals surface area (Å²) in [5.74, 6) is -1.72. The molecule has 0 aliphatic heterocycles. The number of halogens is 3. The fourth-order valence-electron chi connectivity index (χ4n) is 1.66. The van der Waals surface area contributed by atoms with Crippen molar-refractivity contribution in [1.82, 2.24) is 4.98 Å². The van der Waals surface area contributed by atoms with Gasteiger partial charge >= 0.3 is 0 Å². The van der Waals surface area contributed by atoms with E-state index < -0.39 is 23.2 Å². The molecule has 2 rings (SSSR count). The van der Waals surface area contributed by atoms with Crippen molar-refractivity contribution in [3.63, 3.8) is 0 Å². The zero-order valence-corrected chi connectivity index (χ0v) is 12.7. The minimum atomic E-state index is -0.854. The van der Waals surface area contributed by atoms with E-state index in [1.54, 1.807) is 6.07 Å². The van der Waals surface area contributed by atoms with E-state index in [1.165, 1.54) is 12.3 Å². The highest BCUT2D eigenvalue weighted by Crippen LogP contribution is 2.24. The van der Waals surface area contributed by atoms with Gasteiger partial charge in [0, 0.05) is 17.2 Å². The first-order valence-electron chi connectivity index (χ1n) is 6.17. The highest BCUT2D eigenvalue weighted by atomic mass is 79.9. The van der Waals surface area contributed by atoms with E-state index in [9.17, 15) is 13.6 Å². The van der Waals surface area contributed by atoms with Crippen molar-refractivity contribution >= 4 is 33.3 Å². The third-order valence-corrected chi connectivity index (χ3v) is 3.09. The summed E-state index contributed by atoms with van der Waals surface area (Å²) < 4.78 is 27.5. The molecule has 2 N–H and O–H groups in total. The summed E-state index contributed by atoms with van der Waals surface area (Å²) in [4.78, 5) is 16.0. The van der Waals surface area contributed by atoms with Gasteiger partial charge in [-0.15, -0.1) is 0 Å². The Morgan fingerprint density at radius 2 is 1.95 bits per heavy atom. The van der Waals surface area contributed by atoms with Crippen molar-refractivity contribution in [3.8, 4) is 0 Å². The number of carbonyl (C=O) groups excluding carboxylic acids is 1. The second kappa shape index (κ2) is 6.62. The molecule has 0 atom stereocenters. The Morgan fingerprint density at radius 1 is 1.29 bits per heavy atom. The Balaban J connectivity index is 2.18.